The van der Waals surface area contributed by atoms with Crippen LogP contribution in [0.5, 0.6) is 0 Å². The summed E-state index contributed by atoms with van der Waals surface area (Å²) in [7, 11) is 0. The predicted octanol–water partition coefficient (Wildman–Crippen LogP) is 2.92. The average molecular weight is 288 g/mol. The van der Waals surface area contributed by atoms with Gasteiger partial charge in [-0.05, 0) is 0 Å². The Balaban J connectivity index is 2.62. The van der Waals surface area contributed by atoms with E-state index in [0.717, 1.165) is 0 Å². The highest BCUT2D eigenvalue weighted by atomic mass is 19.4. The summed E-state index contributed by atoms with van der Waals surface area (Å²) in [5, 5.41) is 0. The van der Waals surface area contributed by atoms with E-state index < -0.39 is 43.5 Å². The number of hydrogen-bond acceptors (Lipinski definition) is 2. The molecule has 1 rings (SSSR count). The van der Waals surface area contributed by atoms with Gasteiger partial charge in [0, 0.05) is 0 Å². The molecule has 0 radical (unpaired) electrons. The Morgan fingerprint density at radius 1 is 1.11 bits per heavy atom. The minimum atomic E-state index is -5.57. The third-order valence-corrected chi connectivity index (χ3v) is 2.04. The minimum absolute atomic E-state index is 0.0171. The van der Waals surface area contributed by atoms with Crippen molar-refractivity contribution in [2.45, 2.75) is 36.9 Å². The molecule has 0 aliphatic carbocycles. The summed E-state index contributed by atoms with van der Waals surface area (Å²) in [6, 6.07) is 0. The van der Waals surface area contributed by atoms with Crippen LogP contribution in [0.4, 0.5) is 35.1 Å². The average Bonchev–Trinajstić information content (AvgIpc) is 2.94. The van der Waals surface area contributed by atoms with Gasteiger partial charge < -0.3 is 9.47 Å². The Labute approximate surface area is 95.8 Å². The predicted molar refractivity (Wildman–Crippen MR) is 41.2 cm³/mol. The number of halogens is 8. The Morgan fingerprint density at radius 2 is 1.61 bits per heavy atom. The van der Waals surface area contributed by atoms with Gasteiger partial charge in [0.2, 0.25) is 0 Å². The van der Waals surface area contributed by atoms with Gasteiger partial charge in [-0.2, -0.15) is 30.7 Å². The standard InChI is InChI=1S/C8H8F8O2/c9-5(1-6(10,11)12)7(13,14)8(15,16)18-3-4-2-17-4/h4-5H,1-3H2. The van der Waals surface area contributed by atoms with Gasteiger partial charge in [-0.3, -0.25) is 0 Å². The largest absolute Gasteiger partial charge is 0.422 e. The van der Waals surface area contributed by atoms with E-state index in [0.29, 0.717) is 0 Å². The van der Waals surface area contributed by atoms with Gasteiger partial charge in [-0.25, -0.2) is 4.39 Å². The molecule has 0 aromatic rings. The van der Waals surface area contributed by atoms with E-state index in [2.05, 4.69) is 9.47 Å². The van der Waals surface area contributed by atoms with Crippen LogP contribution in [-0.4, -0.2) is 43.7 Å². The first-order chi connectivity index (χ1) is 7.96. The van der Waals surface area contributed by atoms with Crippen molar-refractivity contribution in [1.82, 2.24) is 0 Å². The third-order valence-electron chi connectivity index (χ3n) is 2.04. The molecule has 18 heavy (non-hydrogen) atoms. The van der Waals surface area contributed by atoms with Gasteiger partial charge in [0.25, 0.3) is 0 Å². The molecular formula is C8H8F8O2. The van der Waals surface area contributed by atoms with Crippen LogP contribution >= 0.6 is 0 Å². The topological polar surface area (TPSA) is 21.8 Å². The zero-order chi connectivity index (χ0) is 14.2. The second-order valence-electron chi connectivity index (χ2n) is 3.69. The van der Waals surface area contributed by atoms with Crippen molar-refractivity contribution in [2.75, 3.05) is 13.2 Å². The zero-order valence-electron chi connectivity index (χ0n) is 8.62. The molecule has 2 atom stereocenters. The highest BCUT2D eigenvalue weighted by molar-refractivity contribution is 4.87. The van der Waals surface area contributed by atoms with Crippen molar-refractivity contribution in [1.29, 1.82) is 0 Å². The lowest BCUT2D eigenvalue weighted by Gasteiger charge is -2.28. The van der Waals surface area contributed by atoms with Gasteiger partial charge in [-0.15, -0.1) is 0 Å². The summed E-state index contributed by atoms with van der Waals surface area (Å²) < 4.78 is 107. The summed E-state index contributed by atoms with van der Waals surface area (Å²) in [4.78, 5) is 0. The SMILES string of the molecule is FC(CC(F)(F)F)C(F)(F)C(F)(F)OCC1CO1. The quantitative estimate of drug-likeness (QED) is 0.553. The van der Waals surface area contributed by atoms with Crippen molar-refractivity contribution in [3.05, 3.63) is 0 Å². The van der Waals surface area contributed by atoms with Gasteiger partial charge in [0.15, 0.2) is 6.17 Å². The third kappa shape index (κ3) is 3.94. The lowest BCUT2D eigenvalue weighted by molar-refractivity contribution is -0.367. The maximum Gasteiger partial charge on any atom is 0.422 e. The smallest absolute Gasteiger partial charge is 0.371 e. The molecule has 0 N–H and O–H groups in total. The Bertz CT molecular complexity index is 285. The van der Waals surface area contributed by atoms with Crippen LogP contribution in [0.25, 0.3) is 0 Å². The van der Waals surface area contributed by atoms with E-state index in [1.807, 2.05) is 0 Å². The molecule has 0 spiro atoms. The van der Waals surface area contributed by atoms with Crippen LogP contribution in [0.3, 0.4) is 0 Å². The summed E-state index contributed by atoms with van der Waals surface area (Å²) in [6.45, 7) is -0.926. The van der Waals surface area contributed by atoms with E-state index in [1.54, 1.807) is 0 Å². The molecule has 1 aliphatic rings. The maximum atomic E-state index is 12.8. The van der Waals surface area contributed by atoms with E-state index in [9.17, 15) is 35.1 Å². The molecule has 10 heteroatoms. The Morgan fingerprint density at radius 3 is 2.00 bits per heavy atom. The molecule has 0 saturated carbocycles. The van der Waals surface area contributed by atoms with Crippen LogP contribution < -0.4 is 0 Å². The first-order valence-corrected chi connectivity index (χ1v) is 4.68. The maximum absolute atomic E-state index is 12.8. The summed E-state index contributed by atoms with van der Waals surface area (Å²) in [6.07, 6.45) is -18.2. The normalized spacial score (nSPS) is 23.0. The summed E-state index contributed by atoms with van der Waals surface area (Å²) >= 11 is 0. The first kappa shape index (κ1) is 15.4. The molecule has 1 fully saturated rings. The van der Waals surface area contributed by atoms with Crippen molar-refractivity contribution >= 4 is 0 Å². The number of alkyl halides is 8. The van der Waals surface area contributed by atoms with E-state index in [-0.39, 0.29) is 6.61 Å². The van der Waals surface area contributed by atoms with Crippen molar-refractivity contribution in [3.8, 4) is 0 Å². The molecule has 0 bridgehead atoms. The van der Waals surface area contributed by atoms with Crippen molar-refractivity contribution < 1.29 is 44.6 Å². The fourth-order valence-corrected chi connectivity index (χ4v) is 0.972. The van der Waals surface area contributed by atoms with Crippen molar-refractivity contribution in [2.24, 2.45) is 0 Å². The minimum Gasteiger partial charge on any atom is -0.371 e. The second kappa shape index (κ2) is 4.80. The molecule has 1 saturated heterocycles. The van der Waals surface area contributed by atoms with Crippen LogP contribution in [0, 0.1) is 0 Å². The molecular weight excluding hydrogens is 280 g/mol. The monoisotopic (exact) mass is 288 g/mol. The summed E-state index contributed by atoms with van der Waals surface area (Å²) in [5.74, 6) is -5.57. The van der Waals surface area contributed by atoms with E-state index >= 15 is 0 Å². The lowest BCUT2D eigenvalue weighted by atomic mass is 10.1. The number of rotatable bonds is 6. The molecule has 2 nitrogen and oxygen atoms in total. The second-order valence-corrected chi connectivity index (χ2v) is 3.69. The van der Waals surface area contributed by atoms with Crippen molar-refractivity contribution in [3.63, 3.8) is 0 Å². The molecule has 0 aromatic carbocycles. The molecule has 0 aromatic heterocycles. The number of epoxide rings is 1. The first-order valence-electron chi connectivity index (χ1n) is 4.68. The van der Waals surface area contributed by atoms with Gasteiger partial charge in [0.05, 0.1) is 19.6 Å². The molecule has 108 valence electrons. The van der Waals surface area contributed by atoms with Gasteiger partial charge in [0.1, 0.15) is 6.10 Å². The molecule has 0 amide bonds. The van der Waals surface area contributed by atoms with E-state index in [1.165, 1.54) is 0 Å². The van der Waals surface area contributed by atoms with E-state index in [4.69, 9.17) is 0 Å². The summed E-state index contributed by atoms with van der Waals surface area (Å²) in [5.41, 5.74) is 0. The number of ether oxygens (including phenoxy) is 2. The highest BCUT2D eigenvalue weighted by Crippen LogP contribution is 2.43. The van der Waals surface area contributed by atoms with Gasteiger partial charge in [-0.1, -0.05) is 0 Å². The Kier molecular flexibility index (Phi) is 4.11. The fourth-order valence-electron chi connectivity index (χ4n) is 0.972. The van der Waals surface area contributed by atoms with Crippen LogP contribution in [0.1, 0.15) is 6.42 Å². The molecule has 2 unspecified atom stereocenters. The fraction of sp³-hybridized carbons (Fsp3) is 1.00. The number of hydrogen-bond donors (Lipinski definition) is 0. The highest BCUT2D eigenvalue weighted by Gasteiger charge is 2.65. The van der Waals surface area contributed by atoms with Gasteiger partial charge >= 0.3 is 18.2 Å². The van der Waals surface area contributed by atoms with Crippen LogP contribution in [0.15, 0.2) is 0 Å². The van der Waals surface area contributed by atoms with Crippen LogP contribution in [-0.2, 0) is 9.47 Å². The molecule has 1 aliphatic heterocycles. The lowest BCUT2D eigenvalue weighted by Crippen LogP contribution is -2.51. The zero-order valence-corrected chi connectivity index (χ0v) is 8.62. The Hall–Kier alpha value is -0.640. The molecule has 1 heterocycles. The van der Waals surface area contributed by atoms with Crippen LogP contribution in [0.2, 0.25) is 0 Å².